The second-order valence-electron chi connectivity index (χ2n) is 2.78. The summed E-state index contributed by atoms with van der Waals surface area (Å²) in [7, 11) is 0. The number of hydrogen-bond acceptors (Lipinski definition) is 2. The Hall–Kier alpha value is -1.73. The summed E-state index contributed by atoms with van der Waals surface area (Å²) >= 11 is 0. The van der Waals surface area contributed by atoms with Gasteiger partial charge in [-0.05, 0) is 12.1 Å². The SMILES string of the molecule is O=C(O)C(F)(F)c1ncccc1C(F)(F)F. The molecule has 0 fully saturated rings. The van der Waals surface area contributed by atoms with Gasteiger partial charge in [0.15, 0.2) is 0 Å². The zero-order chi connectivity index (χ0) is 12.6. The van der Waals surface area contributed by atoms with Gasteiger partial charge in [-0.2, -0.15) is 22.0 Å². The van der Waals surface area contributed by atoms with E-state index in [1.165, 1.54) is 0 Å². The number of nitrogens with zero attached hydrogens (tertiary/aromatic N) is 1. The predicted octanol–water partition coefficient (Wildman–Crippen LogP) is 2.28. The molecule has 1 heterocycles. The van der Waals surface area contributed by atoms with E-state index >= 15 is 0 Å². The third-order valence-electron chi connectivity index (χ3n) is 1.68. The Morgan fingerprint density at radius 3 is 2.25 bits per heavy atom. The van der Waals surface area contributed by atoms with Crippen LogP contribution in [0.4, 0.5) is 22.0 Å². The number of carboxylic acids is 1. The molecule has 88 valence electrons. The lowest BCUT2D eigenvalue weighted by molar-refractivity contribution is -0.170. The molecule has 1 aromatic heterocycles. The highest BCUT2D eigenvalue weighted by molar-refractivity contribution is 5.77. The second kappa shape index (κ2) is 3.69. The van der Waals surface area contributed by atoms with Crippen LogP contribution in [0.2, 0.25) is 0 Å². The summed E-state index contributed by atoms with van der Waals surface area (Å²) in [6.45, 7) is 0. The summed E-state index contributed by atoms with van der Waals surface area (Å²) in [6, 6.07) is 1.14. The van der Waals surface area contributed by atoms with Crippen LogP contribution in [0.5, 0.6) is 0 Å². The molecule has 0 aliphatic heterocycles. The quantitative estimate of drug-likeness (QED) is 0.808. The number of aliphatic carboxylic acids is 1. The van der Waals surface area contributed by atoms with Crippen molar-refractivity contribution in [2.45, 2.75) is 12.1 Å². The monoisotopic (exact) mass is 241 g/mol. The number of halogens is 5. The van der Waals surface area contributed by atoms with Gasteiger partial charge in [0.05, 0.1) is 5.56 Å². The zero-order valence-electron chi connectivity index (χ0n) is 7.42. The molecule has 0 bridgehead atoms. The molecule has 3 nitrogen and oxygen atoms in total. The average Bonchev–Trinajstić information content (AvgIpc) is 2.16. The smallest absolute Gasteiger partial charge is 0.418 e. The molecule has 0 unspecified atom stereocenters. The fourth-order valence-electron chi connectivity index (χ4n) is 0.986. The van der Waals surface area contributed by atoms with Gasteiger partial charge in [-0.15, -0.1) is 0 Å². The first-order valence-corrected chi connectivity index (χ1v) is 3.81. The highest BCUT2D eigenvalue weighted by Crippen LogP contribution is 2.37. The fourth-order valence-corrected chi connectivity index (χ4v) is 0.986. The van der Waals surface area contributed by atoms with E-state index in [1.807, 2.05) is 0 Å². The van der Waals surface area contributed by atoms with Crippen molar-refractivity contribution in [3.8, 4) is 0 Å². The Morgan fingerprint density at radius 1 is 1.25 bits per heavy atom. The molecular formula is C8H4F5NO2. The Kier molecular flexibility index (Phi) is 2.85. The van der Waals surface area contributed by atoms with E-state index < -0.39 is 29.3 Å². The highest BCUT2D eigenvalue weighted by Gasteiger charge is 2.49. The summed E-state index contributed by atoms with van der Waals surface area (Å²) in [5.74, 6) is -7.36. The molecule has 8 heteroatoms. The van der Waals surface area contributed by atoms with Crippen molar-refractivity contribution in [2.24, 2.45) is 0 Å². The van der Waals surface area contributed by atoms with Gasteiger partial charge in [0.1, 0.15) is 5.69 Å². The topological polar surface area (TPSA) is 50.2 Å². The third-order valence-corrected chi connectivity index (χ3v) is 1.68. The number of rotatable bonds is 2. The van der Waals surface area contributed by atoms with Crippen molar-refractivity contribution < 1.29 is 31.9 Å². The summed E-state index contributed by atoms with van der Waals surface area (Å²) in [4.78, 5) is 12.9. The molecule has 0 radical (unpaired) electrons. The molecule has 0 saturated carbocycles. The standard InChI is InChI=1S/C8H4F5NO2/c9-7(10,6(15)16)5-4(8(11,12)13)2-1-3-14-5/h1-3H,(H,15,16). The van der Waals surface area contributed by atoms with Crippen LogP contribution < -0.4 is 0 Å². The molecule has 0 spiro atoms. The van der Waals surface area contributed by atoms with Gasteiger partial charge in [0.25, 0.3) is 0 Å². The second-order valence-corrected chi connectivity index (χ2v) is 2.78. The molecular weight excluding hydrogens is 237 g/mol. The van der Waals surface area contributed by atoms with Crippen LogP contribution in [-0.2, 0) is 16.9 Å². The molecule has 0 atom stereocenters. The number of hydrogen-bond donors (Lipinski definition) is 1. The molecule has 0 amide bonds. The molecule has 0 saturated heterocycles. The molecule has 0 aliphatic rings. The lowest BCUT2D eigenvalue weighted by atomic mass is 10.1. The minimum Gasteiger partial charge on any atom is -0.476 e. The van der Waals surface area contributed by atoms with E-state index in [0.717, 1.165) is 6.07 Å². The third kappa shape index (κ3) is 2.10. The van der Waals surface area contributed by atoms with E-state index in [-0.39, 0.29) is 0 Å². The van der Waals surface area contributed by atoms with E-state index in [4.69, 9.17) is 5.11 Å². The Labute approximate surface area is 85.5 Å². The summed E-state index contributed by atoms with van der Waals surface area (Å²) in [6.07, 6.45) is -4.41. The number of alkyl halides is 5. The first-order valence-electron chi connectivity index (χ1n) is 3.81. The van der Waals surface area contributed by atoms with Crippen LogP contribution in [0.3, 0.4) is 0 Å². The average molecular weight is 241 g/mol. The van der Waals surface area contributed by atoms with Crippen molar-refractivity contribution in [2.75, 3.05) is 0 Å². The maximum Gasteiger partial charge on any atom is 0.418 e. The van der Waals surface area contributed by atoms with Crippen molar-refractivity contribution in [3.05, 3.63) is 29.6 Å². The number of carbonyl (C=O) groups is 1. The van der Waals surface area contributed by atoms with Gasteiger partial charge >= 0.3 is 18.1 Å². The normalized spacial score (nSPS) is 12.6. The summed E-state index contributed by atoms with van der Waals surface area (Å²) < 4.78 is 62.6. The van der Waals surface area contributed by atoms with Gasteiger partial charge in [0, 0.05) is 6.20 Å². The highest BCUT2D eigenvalue weighted by atomic mass is 19.4. The van der Waals surface area contributed by atoms with Crippen LogP contribution >= 0.6 is 0 Å². The fraction of sp³-hybridized carbons (Fsp3) is 0.250. The first-order chi connectivity index (χ1) is 7.17. The molecule has 0 aromatic carbocycles. The largest absolute Gasteiger partial charge is 0.476 e. The molecule has 1 N–H and O–H groups in total. The molecule has 1 rings (SSSR count). The Morgan fingerprint density at radius 2 is 1.81 bits per heavy atom. The maximum absolute atomic E-state index is 12.9. The van der Waals surface area contributed by atoms with E-state index in [9.17, 15) is 26.7 Å². The lowest BCUT2D eigenvalue weighted by Crippen LogP contribution is -2.30. The van der Waals surface area contributed by atoms with Crippen molar-refractivity contribution in [1.29, 1.82) is 0 Å². The Bertz CT molecular complexity index is 415. The maximum atomic E-state index is 12.9. The van der Waals surface area contributed by atoms with Crippen LogP contribution in [0.1, 0.15) is 11.3 Å². The van der Waals surface area contributed by atoms with Crippen molar-refractivity contribution in [3.63, 3.8) is 0 Å². The van der Waals surface area contributed by atoms with Gasteiger partial charge in [0.2, 0.25) is 0 Å². The molecule has 0 aliphatic carbocycles. The number of carboxylic acid groups (broad SMARTS) is 1. The minimum atomic E-state index is -5.08. The van der Waals surface area contributed by atoms with Crippen molar-refractivity contribution in [1.82, 2.24) is 4.98 Å². The van der Waals surface area contributed by atoms with Crippen LogP contribution in [-0.4, -0.2) is 16.1 Å². The lowest BCUT2D eigenvalue weighted by Gasteiger charge is -2.16. The predicted molar refractivity (Wildman–Crippen MR) is 40.8 cm³/mol. The zero-order valence-corrected chi connectivity index (χ0v) is 7.42. The van der Waals surface area contributed by atoms with Crippen molar-refractivity contribution >= 4 is 5.97 Å². The van der Waals surface area contributed by atoms with Crippen LogP contribution in [0.25, 0.3) is 0 Å². The summed E-state index contributed by atoms with van der Waals surface area (Å²) in [5, 5.41) is 8.13. The molecule has 1 aromatic rings. The van der Waals surface area contributed by atoms with Gasteiger partial charge < -0.3 is 5.11 Å². The van der Waals surface area contributed by atoms with E-state index in [2.05, 4.69) is 4.98 Å². The van der Waals surface area contributed by atoms with Crippen LogP contribution in [0, 0.1) is 0 Å². The van der Waals surface area contributed by atoms with Crippen LogP contribution in [0.15, 0.2) is 18.3 Å². The number of aromatic nitrogens is 1. The Balaban J connectivity index is 3.41. The first kappa shape index (κ1) is 12.3. The van der Waals surface area contributed by atoms with E-state index in [1.54, 1.807) is 0 Å². The minimum absolute atomic E-state index is 0.346. The summed E-state index contributed by atoms with van der Waals surface area (Å²) in [5.41, 5.74) is -3.57. The van der Waals surface area contributed by atoms with E-state index in [0.29, 0.717) is 12.3 Å². The molecule has 16 heavy (non-hydrogen) atoms. The van der Waals surface area contributed by atoms with Gasteiger partial charge in [-0.25, -0.2) is 4.79 Å². The van der Waals surface area contributed by atoms with Gasteiger partial charge in [-0.1, -0.05) is 0 Å². The van der Waals surface area contributed by atoms with Gasteiger partial charge in [-0.3, -0.25) is 4.98 Å². The number of pyridine rings is 1.